The van der Waals surface area contributed by atoms with Gasteiger partial charge in [0.2, 0.25) is 0 Å². The fourth-order valence-electron chi connectivity index (χ4n) is 0.953. The molecule has 0 aliphatic rings. The van der Waals surface area contributed by atoms with E-state index in [1.54, 1.807) is 5.43 Å². The molecular formula is C8H8F2N2O2. The Morgan fingerprint density at radius 1 is 1.43 bits per heavy atom. The van der Waals surface area contributed by atoms with Gasteiger partial charge in [-0.15, -0.1) is 0 Å². The van der Waals surface area contributed by atoms with Crippen LogP contribution in [0.25, 0.3) is 0 Å². The van der Waals surface area contributed by atoms with Gasteiger partial charge in [-0.25, -0.2) is 14.6 Å². The zero-order chi connectivity index (χ0) is 10.7. The van der Waals surface area contributed by atoms with Crippen LogP contribution >= 0.6 is 0 Å². The highest BCUT2D eigenvalue weighted by Crippen LogP contribution is 2.21. The second kappa shape index (κ2) is 4.01. The van der Waals surface area contributed by atoms with Crippen LogP contribution in [-0.4, -0.2) is 13.0 Å². The molecule has 0 unspecified atom stereocenters. The molecule has 0 bridgehead atoms. The van der Waals surface area contributed by atoms with Crippen molar-refractivity contribution in [3.63, 3.8) is 0 Å². The lowest BCUT2D eigenvalue weighted by molar-refractivity contribution is 0.0950. The largest absolute Gasteiger partial charge is 0.496 e. The predicted octanol–water partition coefficient (Wildman–Crippen LogP) is 0.577. The lowest BCUT2D eigenvalue weighted by atomic mass is 10.2. The summed E-state index contributed by atoms with van der Waals surface area (Å²) in [5.41, 5.74) is 1.64. The van der Waals surface area contributed by atoms with E-state index in [-0.39, 0.29) is 11.3 Å². The monoisotopic (exact) mass is 202 g/mol. The molecule has 1 amide bonds. The van der Waals surface area contributed by atoms with Crippen molar-refractivity contribution in [3.05, 3.63) is 29.3 Å². The van der Waals surface area contributed by atoms with Crippen LogP contribution in [0.1, 0.15) is 10.4 Å². The predicted molar refractivity (Wildman–Crippen MR) is 44.6 cm³/mol. The van der Waals surface area contributed by atoms with Gasteiger partial charge < -0.3 is 4.74 Å². The Morgan fingerprint density at radius 3 is 2.50 bits per heavy atom. The summed E-state index contributed by atoms with van der Waals surface area (Å²) in [4.78, 5) is 11.1. The van der Waals surface area contributed by atoms with Crippen molar-refractivity contribution in [1.82, 2.24) is 5.43 Å². The molecule has 0 heterocycles. The van der Waals surface area contributed by atoms with E-state index < -0.39 is 17.5 Å². The molecule has 0 saturated carbocycles. The molecule has 0 spiro atoms. The molecule has 0 aromatic heterocycles. The number of nitrogens with two attached hydrogens (primary N) is 1. The highest BCUT2D eigenvalue weighted by atomic mass is 19.2. The van der Waals surface area contributed by atoms with Gasteiger partial charge in [0.15, 0.2) is 11.6 Å². The minimum atomic E-state index is -1.13. The third-order valence-corrected chi connectivity index (χ3v) is 1.62. The number of benzene rings is 1. The maximum Gasteiger partial charge on any atom is 0.269 e. The fraction of sp³-hybridized carbons (Fsp3) is 0.125. The fourth-order valence-corrected chi connectivity index (χ4v) is 0.953. The lowest BCUT2D eigenvalue weighted by Crippen LogP contribution is -2.30. The summed E-state index contributed by atoms with van der Waals surface area (Å²) in [6.07, 6.45) is 0. The first kappa shape index (κ1) is 10.4. The van der Waals surface area contributed by atoms with Gasteiger partial charge in [0.25, 0.3) is 5.91 Å². The minimum absolute atomic E-state index is 0.0770. The number of carbonyl (C=O) groups is 1. The molecule has 76 valence electrons. The Labute approximate surface area is 78.6 Å². The van der Waals surface area contributed by atoms with Gasteiger partial charge in [-0.2, -0.15) is 0 Å². The van der Waals surface area contributed by atoms with Crippen molar-refractivity contribution in [2.75, 3.05) is 7.11 Å². The molecule has 1 aromatic rings. The van der Waals surface area contributed by atoms with Crippen molar-refractivity contribution in [1.29, 1.82) is 0 Å². The first-order valence-electron chi connectivity index (χ1n) is 3.64. The maximum absolute atomic E-state index is 12.7. The van der Waals surface area contributed by atoms with Crippen LogP contribution in [0.5, 0.6) is 5.75 Å². The summed E-state index contributed by atoms with van der Waals surface area (Å²) in [7, 11) is 1.24. The van der Waals surface area contributed by atoms with Gasteiger partial charge in [-0.05, 0) is 6.07 Å². The Bertz CT molecular complexity index is 369. The molecule has 4 nitrogen and oxygen atoms in total. The van der Waals surface area contributed by atoms with Gasteiger partial charge in [-0.3, -0.25) is 10.2 Å². The molecule has 0 atom stereocenters. The summed E-state index contributed by atoms with van der Waals surface area (Å²) in [6, 6.07) is 1.50. The average molecular weight is 202 g/mol. The Balaban J connectivity index is 3.27. The highest BCUT2D eigenvalue weighted by molar-refractivity contribution is 5.96. The second-order valence-electron chi connectivity index (χ2n) is 2.44. The van der Waals surface area contributed by atoms with Crippen molar-refractivity contribution >= 4 is 5.91 Å². The lowest BCUT2D eigenvalue weighted by Gasteiger charge is -2.07. The van der Waals surface area contributed by atoms with E-state index in [4.69, 9.17) is 5.84 Å². The van der Waals surface area contributed by atoms with Crippen molar-refractivity contribution in [3.8, 4) is 5.75 Å². The number of ether oxygens (including phenoxy) is 1. The molecular weight excluding hydrogens is 194 g/mol. The smallest absolute Gasteiger partial charge is 0.269 e. The standard InChI is InChI=1S/C8H8F2N2O2/c1-14-7-3-6(10)5(9)2-4(7)8(13)12-11/h2-3H,11H2,1H3,(H,12,13). The Morgan fingerprint density at radius 2 is 2.00 bits per heavy atom. The molecule has 0 fully saturated rings. The van der Waals surface area contributed by atoms with Crippen molar-refractivity contribution < 1.29 is 18.3 Å². The minimum Gasteiger partial charge on any atom is -0.496 e. The topological polar surface area (TPSA) is 64.3 Å². The van der Waals surface area contributed by atoms with E-state index in [2.05, 4.69) is 4.74 Å². The number of halogens is 2. The number of methoxy groups -OCH3 is 1. The third kappa shape index (κ3) is 1.80. The van der Waals surface area contributed by atoms with Crippen LogP contribution in [0.4, 0.5) is 8.78 Å². The second-order valence-corrected chi connectivity index (χ2v) is 2.44. The number of hydrazine groups is 1. The van der Waals surface area contributed by atoms with Crippen LogP contribution in [0.2, 0.25) is 0 Å². The number of amides is 1. The van der Waals surface area contributed by atoms with Crippen molar-refractivity contribution in [2.24, 2.45) is 5.84 Å². The van der Waals surface area contributed by atoms with Crippen molar-refractivity contribution in [2.45, 2.75) is 0 Å². The number of rotatable bonds is 2. The zero-order valence-corrected chi connectivity index (χ0v) is 7.30. The van der Waals surface area contributed by atoms with Crippen LogP contribution in [0.15, 0.2) is 12.1 Å². The molecule has 0 aliphatic carbocycles. The molecule has 6 heteroatoms. The van der Waals surface area contributed by atoms with Crippen LogP contribution < -0.4 is 16.0 Å². The number of nitrogen functional groups attached to an aromatic ring is 1. The van der Waals surface area contributed by atoms with E-state index in [0.29, 0.717) is 0 Å². The molecule has 0 saturated heterocycles. The molecule has 0 aliphatic heterocycles. The van der Waals surface area contributed by atoms with E-state index in [1.807, 2.05) is 0 Å². The summed E-state index contributed by atoms with van der Waals surface area (Å²) < 4.78 is 30.1. The number of nitrogens with one attached hydrogen (secondary N) is 1. The first-order chi connectivity index (χ1) is 6.60. The van der Waals surface area contributed by atoms with E-state index in [1.165, 1.54) is 7.11 Å². The van der Waals surface area contributed by atoms with Crippen LogP contribution in [0.3, 0.4) is 0 Å². The summed E-state index contributed by atoms with van der Waals surface area (Å²) in [5, 5.41) is 0. The van der Waals surface area contributed by atoms with E-state index in [9.17, 15) is 13.6 Å². The van der Waals surface area contributed by atoms with Crippen LogP contribution in [-0.2, 0) is 0 Å². The number of carbonyl (C=O) groups excluding carboxylic acids is 1. The average Bonchev–Trinajstić information content (AvgIpc) is 2.20. The summed E-state index contributed by atoms with van der Waals surface area (Å²) >= 11 is 0. The molecule has 0 radical (unpaired) electrons. The van der Waals surface area contributed by atoms with E-state index >= 15 is 0 Å². The zero-order valence-electron chi connectivity index (χ0n) is 7.30. The first-order valence-corrected chi connectivity index (χ1v) is 3.64. The maximum atomic E-state index is 12.7. The Hall–Kier alpha value is -1.69. The quantitative estimate of drug-likeness (QED) is 0.419. The SMILES string of the molecule is COc1cc(F)c(F)cc1C(=O)NN. The number of hydrogen-bond acceptors (Lipinski definition) is 3. The van der Waals surface area contributed by atoms with Gasteiger partial charge in [0.1, 0.15) is 5.75 Å². The summed E-state index contributed by atoms with van der Waals surface area (Å²) in [6.45, 7) is 0. The third-order valence-electron chi connectivity index (χ3n) is 1.62. The normalized spacial score (nSPS) is 9.71. The number of hydrogen-bond donors (Lipinski definition) is 2. The molecule has 1 rings (SSSR count). The van der Waals surface area contributed by atoms with Gasteiger partial charge >= 0.3 is 0 Å². The Kier molecular flexibility index (Phi) is 2.98. The summed E-state index contributed by atoms with van der Waals surface area (Å²) in [5.74, 6) is 1.80. The molecule has 14 heavy (non-hydrogen) atoms. The van der Waals surface area contributed by atoms with Crippen LogP contribution in [0, 0.1) is 11.6 Å². The van der Waals surface area contributed by atoms with Gasteiger partial charge in [-0.1, -0.05) is 0 Å². The van der Waals surface area contributed by atoms with E-state index in [0.717, 1.165) is 12.1 Å². The highest BCUT2D eigenvalue weighted by Gasteiger charge is 2.15. The van der Waals surface area contributed by atoms with Gasteiger partial charge in [0, 0.05) is 6.07 Å². The molecule has 3 N–H and O–H groups in total. The molecule has 1 aromatic carbocycles. The van der Waals surface area contributed by atoms with Gasteiger partial charge in [0.05, 0.1) is 12.7 Å².